The maximum atomic E-state index is 5.88. The first-order chi connectivity index (χ1) is 6.84. The molecule has 3 heteroatoms. The van der Waals surface area contributed by atoms with Gasteiger partial charge in [0.15, 0.2) is 0 Å². The number of thiophene rings is 1. The predicted molar refractivity (Wildman–Crippen MR) is 61.3 cm³/mol. The first-order valence-electron chi connectivity index (χ1n) is 4.91. The molecule has 0 radical (unpaired) electrons. The summed E-state index contributed by atoms with van der Waals surface area (Å²) < 4.78 is 0. The third-order valence-corrected chi connectivity index (χ3v) is 4.20. The van der Waals surface area contributed by atoms with Crippen LogP contribution in [-0.2, 0) is 12.8 Å². The maximum absolute atomic E-state index is 5.88. The molecular formula is C11H10ClNS. The van der Waals surface area contributed by atoms with E-state index < -0.39 is 0 Å². The Kier molecular flexibility index (Phi) is 1.99. The van der Waals surface area contributed by atoms with Crippen LogP contribution >= 0.6 is 22.9 Å². The summed E-state index contributed by atoms with van der Waals surface area (Å²) in [5.74, 6) is 0. The molecule has 0 saturated carbocycles. The molecule has 0 fully saturated rings. The summed E-state index contributed by atoms with van der Waals surface area (Å²) in [4.78, 5) is 7.01. The third kappa shape index (κ3) is 1.25. The van der Waals surface area contributed by atoms with Crippen LogP contribution in [-0.4, -0.2) is 4.98 Å². The van der Waals surface area contributed by atoms with Gasteiger partial charge in [-0.2, -0.15) is 0 Å². The topological polar surface area (TPSA) is 12.9 Å². The van der Waals surface area contributed by atoms with Crippen LogP contribution in [0.15, 0.2) is 12.1 Å². The van der Waals surface area contributed by atoms with Gasteiger partial charge in [-0.15, -0.1) is 11.3 Å². The fraction of sp³-hybridized carbons (Fsp3) is 0.364. The summed E-state index contributed by atoms with van der Waals surface area (Å²) in [5.41, 5.74) is 1.53. The molecule has 2 aromatic rings. The molecule has 0 unspecified atom stereocenters. The zero-order valence-corrected chi connectivity index (χ0v) is 9.29. The van der Waals surface area contributed by atoms with E-state index in [1.165, 1.54) is 41.5 Å². The lowest BCUT2D eigenvalue weighted by Crippen LogP contribution is -1.97. The van der Waals surface area contributed by atoms with Gasteiger partial charge in [0, 0.05) is 10.3 Å². The smallest absolute Gasteiger partial charge is 0.130 e. The van der Waals surface area contributed by atoms with Gasteiger partial charge in [-0.25, -0.2) is 4.98 Å². The van der Waals surface area contributed by atoms with Crippen molar-refractivity contribution >= 4 is 33.2 Å². The Morgan fingerprint density at radius 2 is 2.07 bits per heavy atom. The molecule has 1 aliphatic rings. The number of hydrogen-bond donors (Lipinski definition) is 0. The summed E-state index contributed by atoms with van der Waals surface area (Å²) in [5, 5.41) is 1.94. The lowest BCUT2D eigenvalue weighted by atomic mass is 9.97. The highest BCUT2D eigenvalue weighted by atomic mass is 35.5. The van der Waals surface area contributed by atoms with E-state index in [1.807, 2.05) is 17.4 Å². The molecule has 3 rings (SSSR count). The number of aromatic nitrogens is 1. The summed E-state index contributed by atoms with van der Waals surface area (Å²) in [6.07, 6.45) is 5.10. The minimum Gasteiger partial charge on any atom is -0.225 e. The van der Waals surface area contributed by atoms with E-state index in [-0.39, 0.29) is 0 Å². The molecule has 0 aliphatic heterocycles. The van der Waals surface area contributed by atoms with Gasteiger partial charge >= 0.3 is 0 Å². The largest absolute Gasteiger partial charge is 0.225 e. The van der Waals surface area contributed by atoms with Crippen LogP contribution in [0, 0.1) is 0 Å². The minimum absolute atomic E-state index is 0.607. The van der Waals surface area contributed by atoms with E-state index in [4.69, 9.17) is 11.6 Å². The number of rotatable bonds is 0. The summed E-state index contributed by atoms with van der Waals surface area (Å²) in [6, 6.07) is 4.01. The second-order valence-electron chi connectivity index (χ2n) is 3.70. The van der Waals surface area contributed by atoms with Crippen molar-refractivity contribution in [2.75, 3.05) is 0 Å². The molecule has 0 amide bonds. The van der Waals surface area contributed by atoms with Crippen molar-refractivity contribution in [1.29, 1.82) is 0 Å². The van der Waals surface area contributed by atoms with Crippen molar-refractivity contribution in [3.8, 4) is 0 Å². The van der Waals surface area contributed by atoms with E-state index in [0.717, 1.165) is 4.83 Å². The molecule has 1 aliphatic carbocycles. The van der Waals surface area contributed by atoms with Gasteiger partial charge in [-0.05, 0) is 43.4 Å². The molecule has 0 bridgehead atoms. The Hall–Kier alpha value is -0.600. The highest BCUT2D eigenvalue weighted by Crippen LogP contribution is 2.35. The van der Waals surface area contributed by atoms with Gasteiger partial charge in [0.25, 0.3) is 0 Å². The second-order valence-corrected chi connectivity index (χ2v) is 5.17. The quantitative estimate of drug-likeness (QED) is 0.619. The van der Waals surface area contributed by atoms with Crippen molar-refractivity contribution in [2.45, 2.75) is 25.7 Å². The molecular weight excluding hydrogens is 214 g/mol. The summed E-state index contributed by atoms with van der Waals surface area (Å²) >= 11 is 7.70. The average molecular weight is 224 g/mol. The van der Waals surface area contributed by atoms with Gasteiger partial charge in [0.05, 0.1) is 0 Å². The average Bonchev–Trinajstić information content (AvgIpc) is 2.54. The molecule has 0 atom stereocenters. The first kappa shape index (κ1) is 8.69. The zero-order valence-electron chi connectivity index (χ0n) is 7.72. The van der Waals surface area contributed by atoms with Gasteiger partial charge in [-0.3, -0.25) is 0 Å². The molecule has 1 nitrogen and oxygen atoms in total. The second kappa shape index (κ2) is 3.21. The van der Waals surface area contributed by atoms with E-state index in [0.29, 0.717) is 5.15 Å². The van der Waals surface area contributed by atoms with Gasteiger partial charge in [0.1, 0.15) is 9.98 Å². The predicted octanol–water partition coefficient (Wildman–Crippen LogP) is 3.83. The standard InChI is InChI=1S/C11H10ClNS/c12-10-6-5-8-7-3-1-2-4-9(7)14-11(8)13-10/h5-6H,1-4H2. The normalized spacial score (nSPS) is 15.8. The van der Waals surface area contributed by atoms with Crippen LogP contribution in [0.3, 0.4) is 0 Å². The van der Waals surface area contributed by atoms with E-state index >= 15 is 0 Å². The highest BCUT2D eigenvalue weighted by molar-refractivity contribution is 7.18. The number of hydrogen-bond acceptors (Lipinski definition) is 2. The van der Waals surface area contributed by atoms with Crippen molar-refractivity contribution in [3.05, 3.63) is 27.7 Å². The van der Waals surface area contributed by atoms with E-state index in [1.54, 1.807) is 0 Å². The lowest BCUT2D eigenvalue weighted by Gasteiger charge is -2.09. The van der Waals surface area contributed by atoms with Crippen LogP contribution in [0.2, 0.25) is 5.15 Å². The van der Waals surface area contributed by atoms with Crippen molar-refractivity contribution < 1.29 is 0 Å². The van der Waals surface area contributed by atoms with Crippen LogP contribution in [0.25, 0.3) is 10.2 Å². The summed E-state index contributed by atoms with van der Waals surface area (Å²) in [7, 11) is 0. The molecule has 2 aromatic heterocycles. The van der Waals surface area contributed by atoms with Crippen LogP contribution in [0.5, 0.6) is 0 Å². The SMILES string of the molecule is Clc1ccc2c3c(sc2n1)CCCC3. The van der Waals surface area contributed by atoms with Crippen LogP contribution in [0.1, 0.15) is 23.3 Å². The minimum atomic E-state index is 0.607. The van der Waals surface area contributed by atoms with Gasteiger partial charge in [-0.1, -0.05) is 11.6 Å². The van der Waals surface area contributed by atoms with Gasteiger partial charge in [0.2, 0.25) is 0 Å². The molecule has 0 N–H and O–H groups in total. The van der Waals surface area contributed by atoms with Crippen LogP contribution in [0.4, 0.5) is 0 Å². The fourth-order valence-corrected chi connectivity index (χ4v) is 3.58. The Bertz CT molecular complexity index is 489. The molecule has 0 aromatic carbocycles. The fourth-order valence-electron chi connectivity index (χ4n) is 2.12. The molecule has 2 heterocycles. The number of halogens is 1. The molecule has 0 spiro atoms. The lowest BCUT2D eigenvalue weighted by molar-refractivity contribution is 0.700. The molecule has 72 valence electrons. The highest BCUT2D eigenvalue weighted by Gasteiger charge is 2.16. The maximum Gasteiger partial charge on any atom is 0.130 e. The monoisotopic (exact) mass is 223 g/mol. The number of aryl methyl sites for hydroxylation is 2. The number of fused-ring (bicyclic) bond motifs is 3. The number of nitrogens with zero attached hydrogens (tertiary/aromatic N) is 1. The van der Waals surface area contributed by atoms with E-state index in [2.05, 4.69) is 11.1 Å². The Morgan fingerprint density at radius 3 is 3.00 bits per heavy atom. The summed E-state index contributed by atoms with van der Waals surface area (Å²) in [6.45, 7) is 0. The van der Waals surface area contributed by atoms with Crippen molar-refractivity contribution in [1.82, 2.24) is 4.98 Å². The zero-order chi connectivity index (χ0) is 9.54. The number of pyridine rings is 1. The third-order valence-electron chi connectivity index (χ3n) is 2.79. The first-order valence-corrected chi connectivity index (χ1v) is 6.11. The Morgan fingerprint density at radius 1 is 1.21 bits per heavy atom. The van der Waals surface area contributed by atoms with E-state index in [9.17, 15) is 0 Å². The Balaban J connectivity index is 2.31. The molecule has 14 heavy (non-hydrogen) atoms. The van der Waals surface area contributed by atoms with Gasteiger partial charge < -0.3 is 0 Å². The van der Waals surface area contributed by atoms with Crippen molar-refractivity contribution in [3.63, 3.8) is 0 Å². The van der Waals surface area contributed by atoms with Crippen LogP contribution < -0.4 is 0 Å². The molecule has 0 saturated heterocycles. The van der Waals surface area contributed by atoms with Crippen molar-refractivity contribution in [2.24, 2.45) is 0 Å². The Labute approximate surface area is 91.7 Å².